The van der Waals surface area contributed by atoms with Gasteiger partial charge >= 0.3 is 0 Å². The highest BCUT2D eigenvalue weighted by atomic mass is 14.5. The molecule has 180 valence electrons. The highest BCUT2D eigenvalue weighted by Crippen LogP contribution is 2.52. The minimum absolute atomic E-state index is 0.444. The molecule has 1 rings (SSSR count). The summed E-state index contributed by atoms with van der Waals surface area (Å²) in [5.74, 6) is 0. The summed E-state index contributed by atoms with van der Waals surface area (Å²) in [6.07, 6.45) is 28.6. The Morgan fingerprint density at radius 2 is 1.26 bits per heavy atom. The van der Waals surface area contributed by atoms with Gasteiger partial charge in [-0.15, -0.1) is 0 Å². The predicted octanol–water partition coefficient (Wildman–Crippen LogP) is 10.8. The first-order valence-corrected chi connectivity index (χ1v) is 14.3. The minimum atomic E-state index is 0.444. The molecule has 0 saturated carbocycles. The fraction of sp³-hybridized carbons (Fsp3) is 0.933. The third-order valence-electron chi connectivity index (χ3n) is 8.96. The topological polar surface area (TPSA) is 0 Å². The molecule has 1 unspecified atom stereocenters. The van der Waals surface area contributed by atoms with Crippen LogP contribution >= 0.6 is 0 Å². The van der Waals surface area contributed by atoms with Crippen LogP contribution < -0.4 is 0 Å². The fourth-order valence-electron chi connectivity index (χ4n) is 6.27. The van der Waals surface area contributed by atoms with E-state index >= 15 is 0 Å². The molecule has 0 aliphatic heterocycles. The monoisotopic (exact) mass is 428 g/mol. The van der Waals surface area contributed by atoms with Crippen LogP contribution in [0.15, 0.2) is 11.1 Å². The molecule has 1 aliphatic carbocycles. The van der Waals surface area contributed by atoms with Crippen molar-refractivity contribution in [2.24, 2.45) is 10.8 Å². The van der Waals surface area contributed by atoms with Crippen LogP contribution in [-0.2, 0) is 0 Å². The molecule has 0 fully saturated rings. The molecule has 0 amide bonds. The highest BCUT2D eigenvalue weighted by Gasteiger charge is 2.41. The van der Waals surface area contributed by atoms with Crippen molar-refractivity contribution in [3.8, 4) is 0 Å². The lowest BCUT2D eigenvalue weighted by atomic mass is 9.57. The van der Waals surface area contributed by atoms with Gasteiger partial charge in [0, 0.05) is 0 Å². The molecular weight excluding hydrogens is 371 g/mol. The molecular formula is C30H57B. The SMILES string of the molecule is [B]C/C1=C(/C)CCCCCCCCCCCCCC(C)(C)C(CC)(CCCC)CCC1. The number of hydrogen-bond donors (Lipinski definition) is 0. The van der Waals surface area contributed by atoms with Crippen LogP contribution in [0.25, 0.3) is 0 Å². The first kappa shape index (κ1) is 28.8. The molecule has 1 heteroatoms. The summed E-state index contributed by atoms with van der Waals surface area (Å²) < 4.78 is 0. The molecule has 1 atom stereocenters. The van der Waals surface area contributed by atoms with Gasteiger partial charge in [0.15, 0.2) is 0 Å². The zero-order chi connectivity index (χ0) is 23.0. The smallest absolute Gasteiger partial charge is 0.0712 e. The lowest BCUT2D eigenvalue weighted by Crippen LogP contribution is -2.37. The Morgan fingerprint density at radius 1 is 0.710 bits per heavy atom. The lowest BCUT2D eigenvalue weighted by Gasteiger charge is -2.48. The molecule has 0 aromatic heterocycles. The number of allylic oxidation sites excluding steroid dienone is 2. The van der Waals surface area contributed by atoms with Gasteiger partial charge in [0.1, 0.15) is 0 Å². The summed E-state index contributed by atoms with van der Waals surface area (Å²) in [6, 6.07) is 0. The molecule has 0 heterocycles. The first-order chi connectivity index (χ1) is 14.9. The summed E-state index contributed by atoms with van der Waals surface area (Å²) in [6.45, 7) is 12.4. The van der Waals surface area contributed by atoms with Gasteiger partial charge in [0.25, 0.3) is 0 Å². The Kier molecular flexibility index (Phi) is 15.3. The first-order valence-electron chi connectivity index (χ1n) is 14.3. The summed E-state index contributed by atoms with van der Waals surface area (Å²) in [5.41, 5.74) is 4.11. The van der Waals surface area contributed by atoms with E-state index in [-0.39, 0.29) is 0 Å². The third-order valence-corrected chi connectivity index (χ3v) is 8.96. The quantitative estimate of drug-likeness (QED) is 0.302. The van der Waals surface area contributed by atoms with E-state index in [0.29, 0.717) is 10.8 Å². The van der Waals surface area contributed by atoms with Crippen molar-refractivity contribution in [2.75, 3.05) is 0 Å². The maximum absolute atomic E-state index is 6.22. The van der Waals surface area contributed by atoms with Crippen molar-refractivity contribution in [2.45, 2.75) is 169 Å². The van der Waals surface area contributed by atoms with Gasteiger partial charge < -0.3 is 0 Å². The molecule has 0 spiro atoms. The van der Waals surface area contributed by atoms with Crippen LogP contribution in [0, 0.1) is 10.8 Å². The van der Waals surface area contributed by atoms with Crippen LogP contribution in [0.5, 0.6) is 0 Å². The van der Waals surface area contributed by atoms with E-state index in [4.69, 9.17) is 7.85 Å². The van der Waals surface area contributed by atoms with Crippen molar-refractivity contribution < 1.29 is 0 Å². The van der Waals surface area contributed by atoms with Gasteiger partial charge in [-0.25, -0.2) is 0 Å². The van der Waals surface area contributed by atoms with Crippen molar-refractivity contribution >= 4 is 7.85 Å². The molecule has 0 N–H and O–H groups in total. The van der Waals surface area contributed by atoms with Crippen LogP contribution in [0.2, 0.25) is 6.32 Å². The number of rotatable bonds is 5. The Bertz CT molecular complexity index is 475. The fourth-order valence-corrected chi connectivity index (χ4v) is 6.27. The maximum atomic E-state index is 6.22. The zero-order valence-electron chi connectivity index (χ0n) is 22.4. The maximum Gasteiger partial charge on any atom is 0.0712 e. The van der Waals surface area contributed by atoms with Crippen molar-refractivity contribution in [1.82, 2.24) is 0 Å². The van der Waals surface area contributed by atoms with E-state index in [1.165, 1.54) is 128 Å². The van der Waals surface area contributed by atoms with E-state index in [2.05, 4.69) is 34.6 Å². The van der Waals surface area contributed by atoms with Crippen LogP contribution in [0.1, 0.15) is 163 Å². The summed E-state index contributed by atoms with van der Waals surface area (Å²) in [7, 11) is 6.22. The van der Waals surface area contributed by atoms with Crippen LogP contribution in [-0.4, -0.2) is 7.85 Å². The van der Waals surface area contributed by atoms with Gasteiger partial charge in [-0.05, 0) is 69.1 Å². The molecule has 0 nitrogen and oxygen atoms in total. The van der Waals surface area contributed by atoms with Gasteiger partial charge in [-0.1, -0.05) is 122 Å². The van der Waals surface area contributed by atoms with E-state index in [1.54, 1.807) is 11.1 Å². The molecule has 2 radical (unpaired) electrons. The Balaban J connectivity index is 2.90. The molecule has 1 aliphatic rings. The summed E-state index contributed by atoms with van der Waals surface area (Å²) in [5, 5.41) is 0. The molecule has 0 aromatic carbocycles. The second kappa shape index (κ2) is 16.4. The zero-order valence-corrected chi connectivity index (χ0v) is 22.4. The van der Waals surface area contributed by atoms with Gasteiger partial charge in [-0.3, -0.25) is 0 Å². The van der Waals surface area contributed by atoms with Gasteiger partial charge in [0.2, 0.25) is 0 Å². The highest BCUT2D eigenvalue weighted by molar-refractivity contribution is 6.10. The Hall–Kier alpha value is -0.195. The molecule has 0 aromatic rings. The van der Waals surface area contributed by atoms with E-state index in [9.17, 15) is 0 Å². The Morgan fingerprint density at radius 3 is 1.77 bits per heavy atom. The standard InChI is InChI=1S/C30H57B/c1-6-8-24-30(7-2)25-20-22-28(26-31)27(3)21-18-16-14-12-10-9-11-13-15-17-19-23-29(30,4)5/h6-26H2,1-5H3/b28-27-. The van der Waals surface area contributed by atoms with Gasteiger partial charge in [0.05, 0.1) is 7.85 Å². The van der Waals surface area contributed by atoms with Crippen molar-refractivity contribution in [3.63, 3.8) is 0 Å². The number of hydrogen-bond acceptors (Lipinski definition) is 0. The van der Waals surface area contributed by atoms with E-state index in [0.717, 1.165) is 6.32 Å². The molecule has 31 heavy (non-hydrogen) atoms. The van der Waals surface area contributed by atoms with Gasteiger partial charge in [-0.2, -0.15) is 0 Å². The summed E-state index contributed by atoms with van der Waals surface area (Å²) in [4.78, 5) is 0. The third kappa shape index (κ3) is 10.5. The van der Waals surface area contributed by atoms with E-state index in [1.807, 2.05) is 0 Å². The van der Waals surface area contributed by atoms with Crippen molar-refractivity contribution in [1.29, 1.82) is 0 Å². The van der Waals surface area contributed by atoms with E-state index < -0.39 is 0 Å². The predicted molar refractivity (Wildman–Crippen MR) is 143 cm³/mol. The average molecular weight is 429 g/mol. The largest absolute Gasteiger partial charge is 0.0798 e. The number of unbranched alkanes of at least 4 members (excludes halogenated alkanes) is 1. The molecule has 0 bridgehead atoms. The van der Waals surface area contributed by atoms with Crippen LogP contribution in [0.4, 0.5) is 0 Å². The average Bonchev–Trinajstić information content (AvgIpc) is 2.75. The van der Waals surface area contributed by atoms with Crippen LogP contribution in [0.3, 0.4) is 0 Å². The molecule has 0 saturated heterocycles. The summed E-state index contributed by atoms with van der Waals surface area (Å²) >= 11 is 0. The van der Waals surface area contributed by atoms with Crippen molar-refractivity contribution in [3.05, 3.63) is 11.1 Å². The Labute approximate surface area is 199 Å². The normalized spacial score (nSPS) is 28.8. The lowest BCUT2D eigenvalue weighted by molar-refractivity contribution is 0.0266. The second-order valence-corrected chi connectivity index (χ2v) is 11.5. The minimum Gasteiger partial charge on any atom is -0.0798 e. The second-order valence-electron chi connectivity index (χ2n) is 11.5.